The molecule has 2 aromatic heterocycles. The quantitative estimate of drug-likeness (QED) is 0.461. The predicted molar refractivity (Wildman–Crippen MR) is 122 cm³/mol. The smallest absolute Gasteiger partial charge is 0.267 e. The van der Waals surface area contributed by atoms with Crippen LogP contribution in [0.1, 0.15) is 12.5 Å². The molecule has 0 saturated heterocycles. The maximum Gasteiger partial charge on any atom is 0.280 e. The molecule has 0 N–H and O–H groups in total. The molecule has 0 atom stereocenters. The molecule has 5 rings (SSSR count). The summed E-state index contributed by atoms with van der Waals surface area (Å²) in [6.45, 7) is 1.85. The van der Waals surface area contributed by atoms with Crippen LogP contribution in [0.2, 0.25) is 0 Å². The van der Waals surface area contributed by atoms with E-state index in [1.807, 2.05) is 96.7 Å². The monoisotopic (exact) mass is 405 g/mol. The Hall–Kier alpha value is -4.32. The van der Waals surface area contributed by atoms with E-state index in [0.717, 1.165) is 28.2 Å². The van der Waals surface area contributed by atoms with Crippen molar-refractivity contribution < 1.29 is 4.79 Å². The van der Waals surface area contributed by atoms with Gasteiger partial charge in [0.05, 0.1) is 22.7 Å². The lowest BCUT2D eigenvalue weighted by atomic mass is 10.0. The molecule has 0 spiro atoms. The summed E-state index contributed by atoms with van der Waals surface area (Å²) in [6.07, 6.45) is 7.27. The second kappa shape index (κ2) is 7.84. The van der Waals surface area contributed by atoms with Crippen molar-refractivity contribution in [2.24, 2.45) is 5.10 Å². The van der Waals surface area contributed by atoms with E-state index in [1.54, 1.807) is 12.4 Å². The molecule has 3 heterocycles. The van der Waals surface area contributed by atoms with Crippen molar-refractivity contribution in [1.82, 2.24) is 14.8 Å². The van der Waals surface area contributed by atoms with Crippen LogP contribution >= 0.6 is 0 Å². The van der Waals surface area contributed by atoms with E-state index in [0.29, 0.717) is 11.3 Å². The molecule has 2 aromatic carbocycles. The van der Waals surface area contributed by atoms with E-state index in [4.69, 9.17) is 5.10 Å². The summed E-state index contributed by atoms with van der Waals surface area (Å²) in [6, 6.07) is 23.1. The number of amides is 1. The van der Waals surface area contributed by atoms with Gasteiger partial charge < -0.3 is 0 Å². The minimum absolute atomic E-state index is 0.156. The molecule has 1 aliphatic heterocycles. The van der Waals surface area contributed by atoms with Crippen LogP contribution in [-0.2, 0) is 4.79 Å². The number of aromatic nitrogens is 3. The van der Waals surface area contributed by atoms with Gasteiger partial charge in [-0.25, -0.2) is 4.68 Å². The molecule has 0 bridgehead atoms. The van der Waals surface area contributed by atoms with Crippen LogP contribution in [0, 0.1) is 0 Å². The van der Waals surface area contributed by atoms with Gasteiger partial charge in [0.15, 0.2) is 0 Å². The van der Waals surface area contributed by atoms with Crippen molar-refractivity contribution in [1.29, 1.82) is 0 Å². The Bertz CT molecular complexity index is 1290. The minimum atomic E-state index is -0.156. The van der Waals surface area contributed by atoms with Gasteiger partial charge >= 0.3 is 0 Å². The molecule has 0 radical (unpaired) electrons. The Morgan fingerprint density at radius 3 is 2.16 bits per heavy atom. The zero-order valence-corrected chi connectivity index (χ0v) is 16.9. The molecule has 150 valence electrons. The van der Waals surface area contributed by atoms with Gasteiger partial charge in [-0.3, -0.25) is 9.78 Å². The summed E-state index contributed by atoms with van der Waals surface area (Å²) in [7, 11) is 0. The molecule has 1 amide bonds. The topological polar surface area (TPSA) is 63.4 Å². The standard InChI is InChI=1S/C25H19N5O/c1-18-23(25(31)30(27-18)22-10-6-3-7-11-22)16-20-17-29(21-8-4-2-5-9-21)28-24(20)19-12-14-26-15-13-19/h2-17H,1H3. The van der Waals surface area contributed by atoms with Crippen molar-refractivity contribution in [3.05, 3.63) is 103 Å². The SMILES string of the molecule is CC1=NN(c2ccccc2)C(=O)C1=Cc1cn(-c2ccccc2)nc1-c1ccncc1. The Morgan fingerprint density at radius 1 is 0.839 bits per heavy atom. The first-order valence-corrected chi connectivity index (χ1v) is 9.93. The largest absolute Gasteiger partial charge is 0.280 e. The van der Waals surface area contributed by atoms with Crippen LogP contribution in [-0.4, -0.2) is 26.4 Å². The highest BCUT2D eigenvalue weighted by Gasteiger charge is 2.29. The fourth-order valence-electron chi connectivity index (χ4n) is 3.52. The van der Waals surface area contributed by atoms with Crippen LogP contribution in [0.4, 0.5) is 5.69 Å². The maximum absolute atomic E-state index is 13.2. The lowest BCUT2D eigenvalue weighted by Crippen LogP contribution is -2.21. The number of benzene rings is 2. The van der Waals surface area contributed by atoms with Gasteiger partial charge in [-0.2, -0.15) is 15.2 Å². The van der Waals surface area contributed by atoms with Crippen molar-refractivity contribution in [2.45, 2.75) is 6.92 Å². The second-order valence-electron chi connectivity index (χ2n) is 7.14. The lowest BCUT2D eigenvalue weighted by Gasteiger charge is -2.11. The first kappa shape index (κ1) is 18.7. The molecule has 31 heavy (non-hydrogen) atoms. The number of pyridine rings is 1. The molecular formula is C25H19N5O. The number of carbonyl (C=O) groups excluding carboxylic acids is 1. The third kappa shape index (κ3) is 3.55. The van der Waals surface area contributed by atoms with Gasteiger partial charge in [-0.15, -0.1) is 0 Å². The van der Waals surface area contributed by atoms with E-state index in [-0.39, 0.29) is 5.91 Å². The van der Waals surface area contributed by atoms with Crippen LogP contribution < -0.4 is 5.01 Å². The van der Waals surface area contributed by atoms with Gasteiger partial charge in [-0.05, 0) is 49.4 Å². The maximum atomic E-state index is 13.2. The van der Waals surface area contributed by atoms with E-state index in [9.17, 15) is 4.79 Å². The number of carbonyl (C=O) groups is 1. The molecular weight excluding hydrogens is 386 g/mol. The number of hydrogen-bond donors (Lipinski definition) is 0. The predicted octanol–water partition coefficient (Wildman–Crippen LogP) is 4.74. The van der Waals surface area contributed by atoms with Gasteiger partial charge in [0, 0.05) is 29.7 Å². The number of para-hydroxylation sites is 2. The van der Waals surface area contributed by atoms with Gasteiger partial charge in [0.25, 0.3) is 5.91 Å². The summed E-state index contributed by atoms with van der Waals surface area (Å²) in [4.78, 5) is 17.3. The summed E-state index contributed by atoms with van der Waals surface area (Å²) >= 11 is 0. The number of nitrogens with zero attached hydrogens (tertiary/aromatic N) is 5. The van der Waals surface area contributed by atoms with Crippen molar-refractivity contribution >= 4 is 23.4 Å². The lowest BCUT2D eigenvalue weighted by molar-refractivity contribution is -0.114. The average molecular weight is 405 g/mol. The Labute approximate surface area is 179 Å². The summed E-state index contributed by atoms with van der Waals surface area (Å²) in [5, 5.41) is 10.7. The first-order chi connectivity index (χ1) is 15.2. The third-order valence-corrected chi connectivity index (χ3v) is 5.08. The van der Waals surface area contributed by atoms with E-state index in [2.05, 4.69) is 10.1 Å². The second-order valence-corrected chi connectivity index (χ2v) is 7.14. The summed E-state index contributed by atoms with van der Waals surface area (Å²) in [5.74, 6) is -0.156. The highest BCUT2D eigenvalue weighted by atomic mass is 16.2. The zero-order chi connectivity index (χ0) is 21.2. The van der Waals surface area contributed by atoms with Gasteiger partial charge in [0.2, 0.25) is 0 Å². The molecule has 0 saturated carbocycles. The fraction of sp³-hybridized carbons (Fsp3) is 0.0400. The normalized spacial score (nSPS) is 14.9. The molecule has 0 fully saturated rings. The Kier molecular flexibility index (Phi) is 4.72. The fourth-order valence-corrected chi connectivity index (χ4v) is 3.52. The highest BCUT2D eigenvalue weighted by molar-refractivity contribution is 6.32. The molecule has 6 heteroatoms. The van der Waals surface area contributed by atoms with Gasteiger partial charge in [-0.1, -0.05) is 36.4 Å². The number of hydrazone groups is 1. The number of rotatable bonds is 4. The van der Waals surface area contributed by atoms with Crippen molar-refractivity contribution in [2.75, 3.05) is 5.01 Å². The molecule has 6 nitrogen and oxygen atoms in total. The molecule has 0 unspecified atom stereocenters. The van der Waals surface area contributed by atoms with Gasteiger partial charge in [0.1, 0.15) is 5.69 Å². The molecule has 4 aromatic rings. The molecule has 0 aliphatic carbocycles. The van der Waals surface area contributed by atoms with E-state index < -0.39 is 0 Å². The highest BCUT2D eigenvalue weighted by Crippen LogP contribution is 2.29. The third-order valence-electron chi connectivity index (χ3n) is 5.08. The Morgan fingerprint density at radius 2 is 1.48 bits per heavy atom. The van der Waals surface area contributed by atoms with Crippen molar-refractivity contribution in [3.63, 3.8) is 0 Å². The first-order valence-electron chi connectivity index (χ1n) is 9.93. The minimum Gasteiger partial charge on any atom is -0.267 e. The van der Waals surface area contributed by atoms with Crippen LogP contribution in [0.3, 0.4) is 0 Å². The van der Waals surface area contributed by atoms with Crippen molar-refractivity contribution in [3.8, 4) is 16.9 Å². The van der Waals surface area contributed by atoms with Crippen LogP contribution in [0.5, 0.6) is 0 Å². The van der Waals surface area contributed by atoms with Crippen LogP contribution in [0.25, 0.3) is 23.0 Å². The van der Waals surface area contributed by atoms with Crippen LogP contribution in [0.15, 0.2) is 102 Å². The summed E-state index contributed by atoms with van der Waals surface area (Å²) in [5.41, 5.74) is 5.44. The number of anilines is 1. The zero-order valence-electron chi connectivity index (χ0n) is 16.9. The Balaban J connectivity index is 1.60. The number of hydrogen-bond acceptors (Lipinski definition) is 4. The average Bonchev–Trinajstić information content (AvgIpc) is 3.37. The van der Waals surface area contributed by atoms with E-state index >= 15 is 0 Å². The summed E-state index contributed by atoms with van der Waals surface area (Å²) < 4.78 is 1.82. The molecule has 1 aliphatic rings. The van der Waals surface area contributed by atoms with E-state index in [1.165, 1.54) is 5.01 Å².